The predicted octanol–water partition coefficient (Wildman–Crippen LogP) is 1.56. The molecule has 0 radical (unpaired) electrons. The average molecular weight is 306 g/mol. The van der Waals surface area contributed by atoms with Gasteiger partial charge < -0.3 is 10.1 Å². The molecule has 19 heavy (non-hydrogen) atoms. The Morgan fingerprint density at radius 3 is 2.63 bits per heavy atom. The molecule has 110 valence electrons. The van der Waals surface area contributed by atoms with Crippen LogP contribution in [0.15, 0.2) is 16.3 Å². The maximum absolute atomic E-state index is 12.2. The van der Waals surface area contributed by atoms with E-state index in [9.17, 15) is 8.42 Å². The molecule has 0 fully saturated rings. The molecule has 1 rings (SSSR count). The monoisotopic (exact) mass is 306 g/mol. The summed E-state index contributed by atoms with van der Waals surface area (Å²) in [5.74, 6) is 0. The zero-order chi connectivity index (χ0) is 14.5. The van der Waals surface area contributed by atoms with Gasteiger partial charge in [0.05, 0.1) is 11.0 Å². The molecule has 1 atom stereocenters. The van der Waals surface area contributed by atoms with E-state index < -0.39 is 10.0 Å². The van der Waals surface area contributed by atoms with Crippen molar-refractivity contribution in [2.45, 2.75) is 44.4 Å². The molecular weight excluding hydrogens is 284 g/mol. The van der Waals surface area contributed by atoms with Crippen LogP contribution >= 0.6 is 11.3 Å². The van der Waals surface area contributed by atoms with Gasteiger partial charge in [0.25, 0.3) is 0 Å². The van der Waals surface area contributed by atoms with Gasteiger partial charge >= 0.3 is 0 Å². The van der Waals surface area contributed by atoms with Gasteiger partial charge in [-0.25, -0.2) is 13.1 Å². The Morgan fingerprint density at radius 1 is 1.37 bits per heavy atom. The first-order valence-electron chi connectivity index (χ1n) is 6.19. The molecule has 5 nitrogen and oxygen atoms in total. The molecule has 1 aromatic rings. The maximum Gasteiger partial charge on any atom is 0.241 e. The van der Waals surface area contributed by atoms with Crippen molar-refractivity contribution in [2.24, 2.45) is 0 Å². The largest absolute Gasteiger partial charge is 0.380 e. The van der Waals surface area contributed by atoms with E-state index in [0.29, 0.717) is 17.5 Å². The fourth-order valence-electron chi connectivity index (χ4n) is 1.38. The lowest BCUT2D eigenvalue weighted by Gasteiger charge is -2.12. The van der Waals surface area contributed by atoms with Crippen LogP contribution in [0.5, 0.6) is 0 Å². The van der Waals surface area contributed by atoms with Crippen molar-refractivity contribution < 1.29 is 13.2 Å². The molecule has 1 unspecified atom stereocenters. The molecule has 1 aromatic heterocycles. The van der Waals surface area contributed by atoms with Crippen molar-refractivity contribution in [3.05, 3.63) is 16.3 Å². The molecule has 0 aromatic carbocycles. The second-order valence-electron chi connectivity index (χ2n) is 4.64. The van der Waals surface area contributed by atoms with E-state index in [4.69, 9.17) is 4.74 Å². The fourth-order valence-corrected chi connectivity index (χ4v) is 3.89. The van der Waals surface area contributed by atoms with E-state index in [2.05, 4.69) is 10.0 Å². The summed E-state index contributed by atoms with van der Waals surface area (Å²) in [6, 6.07) is 1.96. The van der Waals surface area contributed by atoms with E-state index >= 15 is 0 Å². The number of rotatable bonds is 8. The summed E-state index contributed by atoms with van der Waals surface area (Å²) in [4.78, 5) is 1.18. The normalized spacial score (nSPS) is 13.9. The zero-order valence-corrected chi connectivity index (χ0v) is 13.4. The average Bonchev–Trinajstić information content (AvgIpc) is 2.82. The van der Waals surface area contributed by atoms with E-state index in [1.165, 1.54) is 11.3 Å². The summed E-state index contributed by atoms with van der Waals surface area (Å²) in [5, 5.41) is 5.03. The van der Waals surface area contributed by atoms with Gasteiger partial charge in [0.2, 0.25) is 10.0 Å². The quantitative estimate of drug-likeness (QED) is 0.765. The number of ether oxygens (including phenoxy) is 1. The molecule has 1 heterocycles. The minimum Gasteiger partial charge on any atom is -0.380 e. The van der Waals surface area contributed by atoms with Crippen molar-refractivity contribution >= 4 is 21.4 Å². The minimum absolute atomic E-state index is 0.148. The third-order valence-corrected chi connectivity index (χ3v) is 5.19. The Morgan fingerprint density at radius 2 is 2.05 bits per heavy atom. The van der Waals surface area contributed by atoms with E-state index in [1.807, 2.05) is 20.8 Å². The minimum atomic E-state index is -3.46. The van der Waals surface area contributed by atoms with Crippen molar-refractivity contribution in [1.82, 2.24) is 10.0 Å². The first-order chi connectivity index (χ1) is 8.86. The number of methoxy groups -OCH3 is 1. The van der Waals surface area contributed by atoms with Gasteiger partial charge in [-0.2, -0.15) is 0 Å². The van der Waals surface area contributed by atoms with E-state index in [1.54, 1.807) is 18.6 Å². The van der Waals surface area contributed by atoms with Gasteiger partial charge in [-0.15, -0.1) is 11.3 Å². The third-order valence-electron chi connectivity index (χ3n) is 2.63. The molecule has 0 saturated heterocycles. The van der Waals surface area contributed by atoms with Gasteiger partial charge in [0.1, 0.15) is 0 Å². The Labute approximate surface area is 119 Å². The molecular formula is C12H22N2O3S2. The number of hydrogen-bond donors (Lipinski definition) is 2. The maximum atomic E-state index is 12.2. The van der Waals surface area contributed by atoms with Crippen LogP contribution in [-0.2, 0) is 21.3 Å². The topological polar surface area (TPSA) is 67.4 Å². The van der Waals surface area contributed by atoms with Crippen LogP contribution in [0.4, 0.5) is 0 Å². The Balaban J connectivity index is 2.75. The highest BCUT2D eigenvalue weighted by Gasteiger charge is 2.20. The van der Waals surface area contributed by atoms with Crippen molar-refractivity contribution in [2.75, 3.05) is 13.7 Å². The summed E-state index contributed by atoms with van der Waals surface area (Å²) < 4.78 is 32.0. The van der Waals surface area contributed by atoms with Crippen molar-refractivity contribution in [3.63, 3.8) is 0 Å². The Hall–Kier alpha value is -0.470. The molecule has 0 aliphatic carbocycles. The summed E-state index contributed by atoms with van der Waals surface area (Å²) in [6.45, 7) is 6.70. The fraction of sp³-hybridized carbons (Fsp3) is 0.667. The molecule has 0 aliphatic rings. The van der Waals surface area contributed by atoms with Gasteiger partial charge in [0.15, 0.2) is 0 Å². The van der Waals surface area contributed by atoms with Crippen molar-refractivity contribution in [1.29, 1.82) is 0 Å². The smallest absolute Gasteiger partial charge is 0.241 e. The second-order valence-corrected chi connectivity index (χ2v) is 7.38. The summed E-state index contributed by atoms with van der Waals surface area (Å²) in [5.41, 5.74) is 0. The first-order valence-corrected chi connectivity index (χ1v) is 8.55. The predicted molar refractivity (Wildman–Crippen MR) is 78.0 cm³/mol. The van der Waals surface area contributed by atoms with Crippen LogP contribution in [0, 0.1) is 0 Å². The van der Waals surface area contributed by atoms with Gasteiger partial charge in [0, 0.05) is 31.1 Å². The molecule has 0 bridgehead atoms. The number of nitrogens with one attached hydrogen (secondary N) is 2. The number of hydrogen-bond acceptors (Lipinski definition) is 5. The van der Waals surface area contributed by atoms with Gasteiger partial charge in [-0.05, 0) is 18.4 Å². The molecule has 7 heteroatoms. The molecule has 0 spiro atoms. The lowest BCUT2D eigenvalue weighted by molar-refractivity contribution is 0.122. The first kappa shape index (κ1) is 16.6. The second kappa shape index (κ2) is 7.35. The van der Waals surface area contributed by atoms with E-state index in [-0.39, 0.29) is 12.6 Å². The van der Waals surface area contributed by atoms with Crippen LogP contribution in [0.25, 0.3) is 0 Å². The van der Waals surface area contributed by atoms with Crippen LogP contribution in [0.2, 0.25) is 0 Å². The highest BCUT2D eigenvalue weighted by Crippen LogP contribution is 2.21. The SMILES string of the molecule is COC(C)CNS(=O)(=O)c1ccsc1CNC(C)C. The van der Waals surface area contributed by atoms with Crippen LogP contribution in [-0.4, -0.2) is 34.2 Å². The highest BCUT2D eigenvalue weighted by atomic mass is 32.2. The molecule has 0 saturated carbocycles. The van der Waals surface area contributed by atoms with Gasteiger partial charge in [-0.1, -0.05) is 13.8 Å². The van der Waals surface area contributed by atoms with Gasteiger partial charge in [-0.3, -0.25) is 0 Å². The summed E-state index contributed by atoms with van der Waals surface area (Å²) >= 11 is 1.45. The van der Waals surface area contributed by atoms with Crippen molar-refractivity contribution in [3.8, 4) is 0 Å². The van der Waals surface area contributed by atoms with Crippen LogP contribution in [0.3, 0.4) is 0 Å². The van der Waals surface area contributed by atoms with Crippen LogP contribution in [0.1, 0.15) is 25.6 Å². The van der Waals surface area contributed by atoms with E-state index in [0.717, 1.165) is 4.88 Å². The zero-order valence-electron chi connectivity index (χ0n) is 11.8. The molecule has 0 amide bonds. The number of thiophene rings is 1. The third kappa shape index (κ3) is 5.19. The molecule has 2 N–H and O–H groups in total. The standard InChI is InChI=1S/C12H22N2O3S2/c1-9(2)13-8-11-12(5-6-18-11)19(15,16)14-7-10(3)17-4/h5-6,9-10,13-14H,7-8H2,1-4H3. The Bertz CT molecular complexity index is 483. The lowest BCUT2D eigenvalue weighted by atomic mass is 10.4. The summed E-state index contributed by atoms with van der Waals surface area (Å²) in [7, 11) is -1.90. The highest BCUT2D eigenvalue weighted by molar-refractivity contribution is 7.89. The molecule has 0 aliphatic heterocycles. The van der Waals surface area contributed by atoms with Crippen LogP contribution < -0.4 is 10.0 Å². The summed E-state index contributed by atoms with van der Waals surface area (Å²) in [6.07, 6.45) is -0.148. The lowest BCUT2D eigenvalue weighted by Crippen LogP contribution is -2.32. The Kier molecular flexibility index (Phi) is 6.41. The number of sulfonamides is 1.